The van der Waals surface area contributed by atoms with Crippen molar-refractivity contribution in [3.63, 3.8) is 0 Å². The van der Waals surface area contributed by atoms with Crippen LogP contribution in [0.4, 0.5) is 5.82 Å². The van der Waals surface area contributed by atoms with E-state index in [1.165, 1.54) is 33.9 Å². The van der Waals surface area contributed by atoms with Gasteiger partial charge in [-0.15, -0.1) is 11.8 Å². The summed E-state index contributed by atoms with van der Waals surface area (Å²) in [5.74, 6) is 6.60. The molecule has 0 saturated heterocycles. The number of ether oxygens (including phenoxy) is 1. The summed E-state index contributed by atoms with van der Waals surface area (Å²) in [6, 6.07) is 23.6. The Morgan fingerprint density at radius 1 is 0.932 bits per heavy atom. The number of carbonyl (C=O) groups excluding carboxylic acids is 2. The predicted molar refractivity (Wildman–Crippen MR) is 176 cm³/mol. The second kappa shape index (κ2) is 16.8. The Morgan fingerprint density at radius 3 is 2.43 bits per heavy atom. The van der Waals surface area contributed by atoms with Gasteiger partial charge >= 0.3 is 0 Å². The Hall–Kier alpha value is -4.67. The number of nitrogens with zero attached hydrogens (tertiary/aromatic N) is 2. The zero-order chi connectivity index (χ0) is 31.1. The zero-order valence-electron chi connectivity index (χ0n) is 25.0. The number of hydrogen-bond donors (Lipinski definition) is 4. The van der Waals surface area contributed by atoms with Gasteiger partial charge < -0.3 is 20.8 Å². The summed E-state index contributed by atoms with van der Waals surface area (Å²) in [6.45, 7) is 5.53. The number of rotatable bonds is 15. The topological polar surface area (TPSA) is 131 Å². The smallest absolute Gasteiger partial charge is 0.252 e. The third-order valence-electron chi connectivity index (χ3n) is 6.71. The number of hydrazine groups is 1. The van der Waals surface area contributed by atoms with E-state index < -0.39 is 0 Å². The molecular formula is C34H38N6O3S. The highest BCUT2D eigenvalue weighted by molar-refractivity contribution is 7.98. The van der Waals surface area contributed by atoms with Crippen LogP contribution < -0.4 is 26.6 Å². The van der Waals surface area contributed by atoms with Gasteiger partial charge in [0.05, 0.1) is 17.9 Å². The molecule has 0 aliphatic carbocycles. The van der Waals surface area contributed by atoms with Gasteiger partial charge in [-0.1, -0.05) is 48.5 Å². The number of nitrogen functional groups attached to an aromatic ring is 1. The summed E-state index contributed by atoms with van der Waals surface area (Å²) in [5, 5.41) is 5.67. The maximum absolute atomic E-state index is 12.6. The number of anilines is 1. The van der Waals surface area contributed by atoms with E-state index in [2.05, 4.69) is 65.2 Å². The van der Waals surface area contributed by atoms with Crippen LogP contribution in [0.5, 0.6) is 5.75 Å². The Balaban J connectivity index is 1.32. The van der Waals surface area contributed by atoms with Crippen LogP contribution in [0.15, 0.2) is 90.0 Å². The van der Waals surface area contributed by atoms with Crippen LogP contribution in [-0.4, -0.2) is 41.5 Å². The molecule has 5 N–H and O–H groups in total. The number of nitrogens with one attached hydrogen (secondary N) is 3. The van der Waals surface area contributed by atoms with Crippen LogP contribution in [0.25, 0.3) is 6.08 Å². The maximum atomic E-state index is 12.6. The fraction of sp³-hybridized carbons (Fsp3) is 0.235. The first-order chi connectivity index (χ1) is 21.4. The summed E-state index contributed by atoms with van der Waals surface area (Å²) in [4.78, 5) is 35.0. The van der Waals surface area contributed by atoms with Gasteiger partial charge in [-0.05, 0) is 67.3 Å². The molecule has 0 aliphatic heterocycles. The zero-order valence-corrected chi connectivity index (χ0v) is 25.8. The van der Waals surface area contributed by atoms with Gasteiger partial charge in [0.1, 0.15) is 17.3 Å². The highest BCUT2D eigenvalue weighted by Crippen LogP contribution is 2.30. The molecule has 44 heavy (non-hydrogen) atoms. The lowest BCUT2D eigenvalue weighted by Crippen LogP contribution is -2.29. The second-order valence-corrected chi connectivity index (χ2v) is 11.1. The molecule has 4 aromatic rings. The lowest BCUT2D eigenvalue weighted by Gasteiger charge is -2.12. The SMILES string of the molecule is Cc1cccc(C)c1SCc1ccc(OCCc2ccccc2)c(C=CC(=O)NCCCNC(=O)c2ccc(NN)nc2)n1. The Labute approximate surface area is 262 Å². The van der Waals surface area contributed by atoms with Crippen molar-refractivity contribution in [2.45, 2.75) is 37.3 Å². The van der Waals surface area contributed by atoms with Crippen LogP contribution in [0.1, 0.15) is 44.9 Å². The Morgan fingerprint density at radius 2 is 1.70 bits per heavy atom. The van der Waals surface area contributed by atoms with E-state index in [0.29, 0.717) is 54.7 Å². The van der Waals surface area contributed by atoms with Gasteiger partial charge in [0.2, 0.25) is 5.91 Å². The first kappa shape index (κ1) is 32.2. The van der Waals surface area contributed by atoms with Gasteiger partial charge in [0.15, 0.2) is 0 Å². The average Bonchev–Trinajstić information content (AvgIpc) is 3.04. The molecule has 0 fully saturated rings. The van der Waals surface area contributed by atoms with Crippen molar-refractivity contribution in [1.82, 2.24) is 20.6 Å². The van der Waals surface area contributed by atoms with Crippen LogP contribution in [0.3, 0.4) is 0 Å². The van der Waals surface area contributed by atoms with Crippen molar-refractivity contribution < 1.29 is 14.3 Å². The molecule has 0 saturated carbocycles. The minimum Gasteiger partial charge on any atom is -0.491 e. The minimum atomic E-state index is -0.252. The van der Waals surface area contributed by atoms with E-state index in [4.69, 9.17) is 15.6 Å². The fourth-order valence-electron chi connectivity index (χ4n) is 4.35. The van der Waals surface area contributed by atoms with E-state index >= 15 is 0 Å². The molecule has 0 aliphatic rings. The summed E-state index contributed by atoms with van der Waals surface area (Å²) < 4.78 is 6.11. The quantitative estimate of drug-likeness (QED) is 0.0473. The van der Waals surface area contributed by atoms with Gasteiger partial charge in [-0.25, -0.2) is 15.8 Å². The number of nitrogens with two attached hydrogens (primary N) is 1. The fourth-order valence-corrected chi connectivity index (χ4v) is 5.40. The van der Waals surface area contributed by atoms with E-state index in [1.54, 1.807) is 30.0 Å². The monoisotopic (exact) mass is 610 g/mol. The van der Waals surface area contributed by atoms with E-state index in [0.717, 1.165) is 12.1 Å². The van der Waals surface area contributed by atoms with Gasteiger partial charge in [-0.2, -0.15) is 0 Å². The summed E-state index contributed by atoms with van der Waals surface area (Å²) in [5.41, 5.74) is 8.01. The molecule has 2 amide bonds. The van der Waals surface area contributed by atoms with Crippen LogP contribution in [0, 0.1) is 13.8 Å². The molecule has 228 valence electrons. The third-order valence-corrected chi connectivity index (χ3v) is 8.09. The van der Waals surface area contributed by atoms with Crippen molar-refractivity contribution >= 4 is 35.5 Å². The molecule has 9 nitrogen and oxygen atoms in total. The number of aryl methyl sites for hydroxylation is 2. The lowest BCUT2D eigenvalue weighted by atomic mass is 10.2. The van der Waals surface area contributed by atoms with Gasteiger partial charge in [0, 0.05) is 42.4 Å². The van der Waals surface area contributed by atoms with Gasteiger partial charge in [0.25, 0.3) is 5.91 Å². The molecule has 4 rings (SSSR count). The highest BCUT2D eigenvalue weighted by atomic mass is 32.2. The summed E-state index contributed by atoms with van der Waals surface area (Å²) in [7, 11) is 0. The molecule has 2 aromatic heterocycles. The standard InChI is InChI=1S/C34H38N6O3S/c1-24-8-6-9-25(2)33(24)44-23-28-13-15-30(43-21-18-26-10-4-3-5-11-26)29(39-28)14-17-32(41)36-19-7-20-37-34(42)27-12-16-31(40-35)38-22-27/h3-6,8-17,22H,7,18-21,23,35H2,1-2H3,(H,36,41)(H,37,42)(H,38,40). The first-order valence-electron chi connectivity index (χ1n) is 14.5. The second-order valence-electron chi connectivity index (χ2n) is 10.1. The van der Waals surface area contributed by atoms with Crippen molar-refractivity contribution in [3.8, 4) is 5.75 Å². The van der Waals surface area contributed by atoms with E-state index in [1.807, 2.05) is 30.3 Å². The van der Waals surface area contributed by atoms with Crippen LogP contribution in [-0.2, 0) is 17.0 Å². The number of thioether (sulfide) groups is 1. The van der Waals surface area contributed by atoms with Crippen molar-refractivity contribution in [2.24, 2.45) is 5.84 Å². The van der Waals surface area contributed by atoms with Crippen molar-refractivity contribution in [3.05, 3.63) is 119 Å². The number of hydrogen-bond acceptors (Lipinski definition) is 8. The summed E-state index contributed by atoms with van der Waals surface area (Å²) in [6.07, 6.45) is 5.93. The van der Waals surface area contributed by atoms with Crippen molar-refractivity contribution in [1.29, 1.82) is 0 Å². The number of aromatic nitrogens is 2. The molecular weight excluding hydrogens is 572 g/mol. The summed E-state index contributed by atoms with van der Waals surface area (Å²) >= 11 is 1.75. The molecule has 2 heterocycles. The number of amides is 2. The number of pyridine rings is 2. The predicted octanol–water partition coefficient (Wildman–Crippen LogP) is 5.24. The Kier molecular flexibility index (Phi) is 12.3. The largest absolute Gasteiger partial charge is 0.491 e. The number of benzene rings is 2. The lowest BCUT2D eigenvalue weighted by molar-refractivity contribution is -0.116. The maximum Gasteiger partial charge on any atom is 0.252 e. The molecule has 0 atom stereocenters. The molecule has 10 heteroatoms. The van der Waals surface area contributed by atoms with Crippen LogP contribution in [0.2, 0.25) is 0 Å². The number of carbonyl (C=O) groups is 2. The molecule has 2 aromatic carbocycles. The van der Waals surface area contributed by atoms with Gasteiger partial charge in [-0.3, -0.25) is 9.59 Å². The molecule has 0 spiro atoms. The third kappa shape index (κ3) is 9.96. The Bertz CT molecular complexity index is 1540. The normalized spacial score (nSPS) is 10.9. The van der Waals surface area contributed by atoms with E-state index in [-0.39, 0.29) is 11.8 Å². The highest BCUT2D eigenvalue weighted by Gasteiger charge is 2.10. The minimum absolute atomic E-state index is 0.242. The first-order valence-corrected chi connectivity index (χ1v) is 15.4. The average molecular weight is 611 g/mol. The molecule has 0 unspecified atom stereocenters. The molecule has 0 bridgehead atoms. The molecule has 0 radical (unpaired) electrons. The van der Waals surface area contributed by atoms with E-state index in [9.17, 15) is 9.59 Å². The van der Waals surface area contributed by atoms with Crippen molar-refractivity contribution in [2.75, 3.05) is 25.1 Å². The van der Waals surface area contributed by atoms with Crippen LogP contribution >= 0.6 is 11.8 Å².